The van der Waals surface area contributed by atoms with Crippen molar-refractivity contribution < 1.29 is 18.7 Å². The van der Waals surface area contributed by atoms with Crippen molar-refractivity contribution >= 4 is 5.91 Å². The third kappa shape index (κ3) is 4.37. The Hall–Kier alpha value is -1.41. The molecule has 27 heavy (non-hydrogen) atoms. The summed E-state index contributed by atoms with van der Waals surface area (Å²) in [5.74, 6) is 1.08. The highest BCUT2D eigenvalue weighted by Crippen LogP contribution is 2.34. The van der Waals surface area contributed by atoms with Crippen LogP contribution >= 0.6 is 0 Å². The van der Waals surface area contributed by atoms with Gasteiger partial charge in [-0.1, -0.05) is 0 Å². The molecule has 3 saturated heterocycles. The minimum Gasteiger partial charge on any atom is -0.456 e. The molecule has 0 aliphatic carbocycles. The summed E-state index contributed by atoms with van der Waals surface area (Å²) in [6, 6.07) is 3.58. The van der Waals surface area contributed by atoms with Gasteiger partial charge in [0.15, 0.2) is 5.76 Å². The van der Waals surface area contributed by atoms with Gasteiger partial charge in [0.25, 0.3) is 5.91 Å². The van der Waals surface area contributed by atoms with E-state index in [0.717, 1.165) is 51.3 Å². The Balaban J connectivity index is 1.38. The molecule has 3 aliphatic heterocycles. The molecule has 4 heterocycles. The van der Waals surface area contributed by atoms with Crippen molar-refractivity contribution in [2.45, 2.75) is 31.5 Å². The summed E-state index contributed by atoms with van der Waals surface area (Å²) in [5.41, 5.74) is -0.384. The lowest BCUT2D eigenvalue weighted by molar-refractivity contribution is -0.0916. The third-order valence-corrected chi connectivity index (χ3v) is 5.98. The molecule has 0 saturated carbocycles. The van der Waals surface area contributed by atoms with Crippen LogP contribution in [-0.2, 0) is 9.47 Å². The van der Waals surface area contributed by atoms with E-state index in [-0.39, 0.29) is 17.6 Å². The van der Waals surface area contributed by atoms with Gasteiger partial charge in [-0.3, -0.25) is 9.69 Å². The Morgan fingerprint density at radius 2 is 2.04 bits per heavy atom. The third-order valence-electron chi connectivity index (χ3n) is 5.98. The summed E-state index contributed by atoms with van der Waals surface area (Å²) < 4.78 is 17.9. The van der Waals surface area contributed by atoms with E-state index < -0.39 is 0 Å². The van der Waals surface area contributed by atoms with E-state index in [1.807, 2.05) is 17.9 Å². The molecule has 1 spiro atoms. The molecule has 150 valence electrons. The zero-order valence-electron chi connectivity index (χ0n) is 16.5. The summed E-state index contributed by atoms with van der Waals surface area (Å²) in [6.45, 7) is 9.51. The van der Waals surface area contributed by atoms with E-state index >= 15 is 0 Å². The molecule has 1 aromatic heterocycles. The summed E-state index contributed by atoms with van der Waals surface area (Å²) in [5, 5.41) is 0. The van der Waals surface area contributed by atoms with Crippen molar-refractivity contribution in [2.75, 3.05) is 66.1 Å². The summed E-state index contributed by atoms with van der Waals surface area (Å²) in [7, 11) is 2.17. The van der Waals surface area contributed by atoms with Crippen LogP contribution in [0.25, 0.3) is 0 Å². The molecule has 0 bridgehead atoms. The van der Waals surface area contributed by atoms with Gasteiger partial charge in [0.2, 0.25) is 0 Å². The fourth-order valence-electron chi connectivity index (χ4n) is 4.35. The number of piperazine rings is 1. The SMILES string of the molecule is Cc1ccc(C(=O)N2CCOC[C@]3(CCC(CN4CCN(C)CC4)O3)C2)o1. The Morgan fingerprint density at radius 1 is 1.22 bits per heavy atom. The average molecular weight is 377 g/mol. The molecule has 4 rings (SSSR count). The monoisotopic (exact) mass is 377 g/mol. The average Bonchev–Trinajstić information content (AvgIpc) is 3.19. The van der Waals surface area contributed by atoms with Gasteiger partial charge in [-0.15, -0.1) is 0 Å². The first-order chi connectivity index (χ1) is 13.0. The standard InChI is InChI=1S/C20H31N3O4/c1-16-3-4-18(26-16)19(24)23-11-12-25-15-20(14-23)6-5-17(27-20)13-22-9-7-21(2)8-10-22/h3-4,17H,5-15H2,1-2H3/t17?,20-/m0/s1. The largest absolute Gasteiger partial charge is 0.456 e. The molecule has 3 fully saturated rings. The highest BCUT2D eigenvalue weighted by molar-refractivity contribution is 5.91. The molecule has 2 atom stereocenters. The lowest BCUT2D eigenvalue weighted by atomic mass is 10.00. The zero-order valence-corrected chi connectivity index (χ0v) is 16.5. The van der Waals surface area contributed by atoms with Crippen LogP contribution < -0.4 is 0 Å². The van der Waals surface area contributed by atoms with E-state index in [1.165, 1.54) is 0 Å². The van der Waals surface area contributed by atoms with Crippen molar-refractivity contribution in [1.29, 1.82) is 0 Å². The minimum absolute atomic E-state index is 0.0703. The van der Waals surface area contributed by atoms with Crippen LogP contribution in [0.1, 0.15) is 29.2 Å². The number of carbonyl (C=O) groups is 1. The molecule has 3 aliphatic rings. The maximum atomic E-state index is 12.8. The number of ether oxygens (including phenoxy) is 2. The number of carbonyl (C=O) groups excluding carboxylic acids is 1. The second kappa shape index (κ2) is 7.91. The Labute approximate surface area is 161 Å². The quantitative estimate of drug-likeness (QED) is 0.790. The van der Waals surface area contributed by atoms with Crippen molar-refractivity contribution in [3.05, 3.63) is 23.7 Å². The first-order valence-corrected chi connectivity index (χ1v) is 10.1. The second-order valence-electron chi connectivity index (χ2n) is 8.26. The van der Waals surface area contributed by atoms with Gasteiger partial charge in [0.1, 0.15) is 11.4 Å². The van der Waals surface area contributed by atoms with Crippen LogP contribution in [0.3, 0.4) is 0 Å². The van der Waals surface area contributed by atoms with Crippen LogP contribution in [0.2, 0.25) is 0 Å². The first kappa shape index (κ1) is 18.9. The van der Waals surface area contributed by atoms with Gasteiger partial charge in [0.05, 0.1) is 25.9 Å². The van der Waals surface area contributed by atoms with E-state index in [4.69, 9.17) is 13.9 Å². The molecule has 1 unspecified atom stereocenters. The number of furan rings is 1. The zero-order chi connectivity index (χ0) is 18.9. The number of amides is 1. The molecule has 1 aromatic rings. The second-order valence-corrected chi connectivity index (χ2v) is 8.26. The number of likely N-dealkylation sites (N-methyl/N-ethyl adjacent to an activating group) is 1. The van der Waals surface area contributed by atoms with E-state index in [2.05, 4.69) is 16.8 Å². The fraction of sp³-hybridized carbons (Fsp3) is 0.750. The van der Waals surface area contributed by atoms with E-state index in [1.54, 1.807) is 6.07 Å². The molecule has 0 radical (unpaired) electrons. The van der Waals surface area contributed by atoms with Crippen LogP contribution in [0.15, 0.2) is 16.5 Å². The number of hydrogen-bond acceptors (Lipinski definition) is 6. The maximum Gasteiger partial charge on any atom is 0.289 e. The van der Waals surface area contributed by atoms with E-state index in [9.17, 15) is 4.79 Å². The first-order valence-electron chi connectivity index (χ1n) is 10.1. The highest BCUT2D eigenvalue weighted by Gasteiger charge is 2.44. The molecule has 7 nitrogen and oxygen atoms in total. The predicted molar refractivity (Wildman–Crippen MR) is 101 cm³/mol. The minimum atomic E-state index is -0.384. The van der Waals surface area contributed by atoms with Gasteiger partial charge in [-0.05, 0) is 38.9 Å². The Morgan fingerprint density at radius 3 is 2.78 bits per heavy atom. The Bertz CT molecular complexity index is 655. The predicted octanol–water partition coefficient (Wildman–Crippen LogP) is 1.23. The lowest BCUT2D eigenvalue weighted by Gasteiger charge is -2.35. The number of rotatable bonds is 3. The molecule has 1 amide bonds. The fourth-order valence-corrected chi connectivity index (χ4v) is 4.35. The van der Waals surface area contributed by atoms with Gasteiger partial charge in [-0.2, -0.15) is 0 Å². The molecule has 7 heteroatoms. The lowest BCUT2D eigenvalue weighted by Crippen LogP contribution is -2.49. The molecular formula is C20H31N3O4. The van der Waals surface area contributed by atoms with Crippen molar-refractivity contribution in [2.24, 2.45) is 0 Å². The van der Waals surface area contributed by atoms with Crippen molar-refractivity contribution in [3.8, 4) is 0 Å². The summed E-state index contributed by atoms with van der Waals surface area (Å²) in [4.78, 5) is 19.5. The van der Waals surface area contributed by atoms with Gasteiger partial charge >= 0.3 is 0 Å². The van der Waals surface area contributed by atoms with Gasteiger partial charge in [-0.25, -0.2) is 0 Å². The maximum absolute atomic E-state index is 12.8. The molecule has 0 N–H and O–H groups in total. The van der Waals surface area contributed by atoms with Crippen molar-refractivity contribution in [1.82, 2.24) is 14.7 Å². The van der Waals surface area contributed by atoms with Crippen molar-refractivity contribution in [3.63, 3.8) is 0 Å². The van der Waals surface area contributed by atoms with Gasteiger partial charge < -0.3 is 23.7 Å². The smallest absolute Gasteiger partial charge is 0.289 e. The topological polar surface area (TPSA) is 58.4 Å². The van der Waals surface area contributed by atoms with Crippen LogP contribution in [0.5, 0.6) is 0 Å². The number of hydrogen-bond donors (Lipinski definition) is 0. The van der Waals surface area contributed by atoms with E-state index in [0.29, 0.717) is 32.1 Å². The van der Waals surface area contributed by atoms with Gasteiger partial charge in [0, 0.05) is 39.3 Å². The number of aryl methyl sites for hydroxylation is 1. The summed E-state index contributed by atoms with van der Waals surface area (Å²) in [6.07, 6.45) is 2.18. The highest BCUT2D eigenvalue weighted by atomic mass is 16.6. The summed E-state index contributed by atoms with van der Waals surface area (Å²) >= 11 is 0. The normalized spacial score (nSPS) is 30.7. The van der Waals surface area contributed by atoms with Crippen LogP contribution in [0, 0.1) is 6.92 Å². The molecular weight excluding hydrogens is 346 g/mol. The number of nitrogens with zero attached hydrogens (tertiary/aromatic N) is 3. The van der Waals surface area contributed by atoms with Crippen LogP contribution in [0.4, 0.5) is 0 Å². The molecule has 0 aromatic carbocycles. The Kier molecular flexibility index (Phi) is 5.55. The van der Waals surface area contributed by atoms with Crippen LogP contribution in [-0.4, -0.2) is 98.4 Å².